The molecule has 3 rings (SSSR count). The fraction of sp³-hybridized carbons (Fsp3) is 0.263. The van der Waals surface area contributed by atoms with Gasteiger partial charge in [-0.1, -0.05) is 29.8 Å². The third kappa shape index (κ3) is 4.11. The average Bonchev–Trinajstić information content (AvgIpc) is 2.99. The van der Waals surface area contributed by atoms with Gasteiger partial charge >= 0.3 is 6.09 Å². The van der Waals surface area contributed by atoms with Gasteiger partial charge in [-0.25, -0.2) is 13.2 Å². The lowest BCUT2D eigenvalue weighted by Gasteiger charge is -2.19. The third-order valence-electron chi connectivity index (χ3n) is 3.73. The minimum absolute atomic E-state index is 0.133. The van der Waals surface area contributed by atoms with E-state index in [-0.39, 0.29) is 10.6 Å². The van der Waals surface area contributed by atoms with Crippen molar-refractivity contribution >= 4 is 32.7 Å². The van der Waals surface area contributed by atoms with Crippen LogP contribution in [0.25, 0.3) is 10.9 Å². The number of rotatable bonds is 3. The molecular formula is C19H21N3O4S. The molecule has 3 aromatic rings. The number of ether oxygens (including phenoxy) is 1. The number of anilines is 1. The molecule has 1 aromatic heterocycles. The van der Waals surface area contributed by atoms with E-state index in [1.165, 1.54) is 18.3 Å². The van der Waals surface area contributed by atoms with Crippen molar-refractivity contribution in [2.75, 3.05) is 4.72 Å². The van der Waals surface area contributed by atoms with Crippen LogP contribution in [0.15, 0.2) is 53.6 Å². The lowest BCUT2D eigenvalue weighted by atomic mass is 10.2. The van der Waals surface area contributed by atoms with Crippen molar-refractivity contribution in [3.05, 3.63) is 54.2 Å². The number of hydrogen-bond donors (Lipinski definition) is 1. The molecule has 1 N–H and O–H groups in total. The van der Waals surface area contributed by atoms with Crippen molar-refractivity contribution in [1.29, 1.82) is 0 Å². The summed E-state index contributed by atoms with van der Waals surface area (Å²) in [6.07, 6.45) is 0.808. The van der Waals surface area contributed by atoms with Crippen molar-refractivity contribution in [2.45, 2.75) is 38.2 Å². The Kier molecular flexibility index (Phi) is 4.69. The van der Waals surface area contributed by atoms with Gasteiger partial charge in [0.05, 0.1) is 16.8 Å². The van der Waals surface area contributed by atoms with Crippen molar-refractivity contribution < 1.29 is 17.9 Å². The maximum atomic E-state index is 12.7. The normalized spacial score (nSPS) is 12.1. The molecule has 0 bridgehead atoms. The van der Waals surface area contributed by atoms with E-state index in [1.807, 2.05) is 6.92 Å². The number of carbonyl (C=O) groups is 1. The Morgan fingerprint density at radius 3 is 2.41 bits per heavy atom. The van der Waals surface area contributed by atoms with Crippen LogP contribution in [-0.4, -0.2) is 29.9 Å². The van der Waals surface area contributed by atoms with Crippen LogP contribution < -0.4 is 4.72 Å². The van der Waals surface area contributed by atoms with Crippen molar-refractivity contribution in [3.63, 3.8) is 0 Å². The van der Waals surface area contributed by atoms with Gasteiger partial charge in [-0.05, 0) is 45.9 Å². The predicted octanol–water partition coefficient (Wildman–Crippen LogP) is 3.93. The number of para-hydroxylation sites is 1. The Morgan fingerprint density at radius 1 is 1.11 bits per heavy atom. The smallest absolute Gasteiger partial charge is 0.435 e. The van der Waals surface area contributed by atoms with Gasteiger partial charge in [0.2, 0.25) is 0 Å². The molecule has 0 aliphatic carbocycles. The molecule has 0 aliphatic rings. The number of benzene rings is 2. The van der Waals surface area contributed by atoms with Crippen molar-refractivity contribution in [2.24, 2.45) is 0 Å². The maximum Gasteiger partial charge on any atom is 0.435 e. The number of hydrogen-bond acceptors (Lipinski definition) is 5. The standard InChI is InChI=1S/C19H21N3O4S/c1-13-8-10-15(11-9-13)27(24,25)21-16-7-5-6-14-12-20-22(17(14)16)18(23)26-19(2,3)4/h5-12,21H,1-4H3. The highest BCUT2D eigenvalue weighted by Gasteiger charge is 2.23. The Bertz CT molecular complexity index is 1090. The maximum absolute atomic E-state index is 12.7. The summed E-state index contributed by atoms with van der Waals surface area (Å²) in [5.41, 5.74) is 0.837. The monoisotopic (exact) mass is 387 g/mol. The van der Waals surface area contributed by atoms with Crippen LogP contribution in [0.4, 0.5) is 10.5 Å². The van der Waals surface area contributed by atoms with E-state index in [2.05, 4.69) is 9.82 Å². The molecule has 0 amide bonds. The van der Waals surface area contributed by atoms with Crippen LogP contribution in [0.2, 0.25) is 0 Å². The van der Waals surface area contributed by atoms with Gasteiger partial charge in [0.1, 0.15) is 11.1 Å². The lowest BCUT2D eigenvalue weighted by Crippen LogP contribution is -2.28. The average molecular weight is 387 g/mol. The minimum Gasteiger partial charge on any atom is -0.442 e. The molecule has 0 saturated carbocycles. The van der Waals surface area contributed by atoms with Crippen LogP contribution in [0.3, 0.4) is 0 Å². The quantitative estimate of drug-likeness (QED) is 0.735. The second-order valence-electron chi connectivity index (χ2n) is 7.20. The molecule has 0 unspecified atom stereocenters. The van der Waals surface area contributed by atoms with Gasteiger partial charge < -0.3 is 4.74 Å². The first-order valence-corrected chi connectivity index (χ1v) is 9.85. The van der Waals surface area contributed by atoms with Crippen LogP contribution in [-0.2, 0) is 14.8 Å². The molecule has 8 heteroatoms. The highest BCUT2D eigenvalue weighted by molar-refractivity contribution is 7.92. The molecule has 7 nitrogen and oxygen atoms in total. The summed E-state index contributed by atoms with van der Waals surface area (Å²) in [6.45, 7) is 7.12. The van der Waals surface area contributed by atoms with E-state index in [0.29, 0.717) is 10.9 Å². The zero-order valence-electron chi connectivity index (χ0n) is 15.6. The number of sulfonamides is 1. The van der Waals surface area contributed by atoms with Gasteiger partial charge in [-0.2, -0.15) is 9.78 Å². The molecular weight excluding hydrogens is 366 g/mol. The Hall–Kier alpha value is -2.87. The summed E-state index contributed by atoms with van der Waals surface area (Å²) in [5.74, 6) is 0. The Balaban J connectivity index is 2.03. The molecule has 2 aromatic carbocycles. The van der Waals surface area contributed by atoms with E-state index < -0.39 is 21.7 Å². The van der Waals surface area contributed by atoms with E-state index in [4.69, 9.17) is 4.74 Å². The number of aryl methyl sites for hydroxylation is 1. The number of nitrogens with one attached hydrogen (secondary N) is 1. The molecule has 27 heavy (non-hydrogen) atoms. The number of nitrogens with zero attached hydrogens (tertiary/aromatic N) is 2. The summed E-state index contributed by atoms with van der Waals surface area (Å²) in [7, 11) is -3.82. The van der Waals surface area contributed by atoms with Crippen molar-refractivity contribution in [3.8, 4) is 0 Å². The first kappa shape index (κ1) is 18.9. The Labute approximate surface area is 158 Å². The third-order valence-corrected chi connectivity index (χ3v) is 5.11. The number of fused-ring (bicyclic) bond motifs is 1. The summed E-state index contributed by atoms with van der Waals surface area (Å²) >= 11 is 0. The fourth-order valence-electron chi connectivity index (χ4n) is 2.53. The highest BCUT2D eigenvalue weighted by Crippen LogP contribution is 2.26. The minimum atomic E-state index is -3.82. The van der Waals surface area contributed by atoms with Crippen molar-refractivity contribution in [1.82, 2.24) is 9.78 Å². The second kappa shape index (κ2) is 6.70. The SMILES string of the molecule is Cc1ccc(S(=O)(=O)Nc2cccc3cnn(C(=O)OC(C)(C)C)c23)cc1. The number of aromatic nitrogens is 2. The topological polar surface area (TPSA) is 90.3 Å². The molecule has 0 spiro atoms. The largest absolute Gasteiger partial charge is 0.442 e. The zero-order valence-corrected chi connectivity index (χ0v) is 16.4. The predicted molar refractivity (Wildman–Crippen MR) is 103 cm³/mol. The Morgan fingerprint density at radius 2 is 1.78 bits per heavy atom. The number of carbonyl (C=O) groups excluding carboxylic acids is 1. The zero-order chi connectivity index (χ0) is 19.8. The summed E-state index contributed by atoms with van der Waals surface area (Å²) in [6, 6.07) is 11.5. The van der Waals surface area contributed by atoms with E-state index in [9.17, 15) is 13.2 Å². The second-order valence-corrected chi connectivity index (χ2v) is 8.88. The van der Waals surface area contributed by atoms with Gasteiger partial charge in [0.25, 0.3) is 10.0 Å². The van der Waals surface area contributed by atoms with Gasteiger partial charge in [-0.15, -0.1) is 0 Å². The van der Waals surface area contributed by atoms with E-state index in [0.717, 1.165) is 10.2 Å². The molecule has 0 atom stereocenters. The molecule has 0 saturated heterocycles. The van der Waals surface area contributed by atoms with Crippen LogP contribution in [0, 0.1) is 6.92 Å². The summed E-state index contributed by atoms with van der Waals surface area (Å²) < 4.78 is 34.4. The molecule has 142 valence electrons. The molecule has 0 radical (unpaired) electrons. The lowest BCUT2D eigenvalue weighted by molar-refractivity contribution is 0.0523. The summed E-state index contributed by atoms with van der Waals surface area (Å²) in [4.78, 5) is 12.6. The van der Waals surface area contributed by atoms with Crippen LogP contribution >= 0.6 is 0 Å². The van der Waals surface area contributed by atoms with Crippen LogP contribution in [0.5, 0.6) is 0 Å². The molecule has 0 fully saturated rings. The van der Waals surface area contributed by atoms with Gasteiger partial charge in [0.15, 0.2) is 0 Å². The fourth-order valence-corrected chi connectivity index (χ4v) is 3.59. The first-order valence-electron chi connectivity index (χ1n) is 8.36. The van der Waals surface area contributed by atoms with E-state index >= 15 is 0 Å². The summed E-state index contributed by atoms with van der Waals surface area (Å²) in [5, 5.41) is 4.68. The van der Waals surface area contributed by atoms with E-state index in [1.54, 1.807) is 51.1 Å². The highest BCUT2D eigenvalue weighted by atomic mass is 32.2. The first-order chi connectivity index (χ1) is 12.6. The van der Waals surface area contributed by atoms with Gasteiger partial charge in [-0.3, -0.25) is 4.72 Å². The van der Waals surface area contributed by atoms with Crippen LogP contribution in [0.1, 0.15) is 26.3 Å². The molecule has 0 aliphatic heterocycles. The molecule has 1 heterocycles. The van der Waals surface area contributed by atoms with Gasteiger partial charge in [0, 0.05) is 5.39 Å².